The highest BCUT2D eigenvalue weighted by molar-refractivity contribution is 5.74. The fraction of sp³-hybridized carbons (Fsp3) is 0.727. The van der Waals surface area contributed by atoms with Crippen molar-refractivity contribution in [3.05, 3.63) is 12.7 Å². The second-order valence-corrected chi connectivity index (χ2v) is 4.81. The van der Waals surface area contributed by atoms with Gasteiger partial charge in [0.1, 0.15) is 6.04 Å². The molecule has 1 aliphatic rings. The molecule has 80 valence electrons. The summed E-state index contributed by atoms with van der Waals surface area (Å²) in [6.45, 7) is 9.90. The number of rotatable bonds is 2. The Morgan fingerprint density at radius 3 is 2.43 bits per heavy atom. The Morgan fingerprint density at radius 1 is 1.50 bits per heavy atom. The summed E-state index contributed by atoms with van der Waals surface area (Å²) in [5.41, 5.74) is -0.113. The highest BCUT2D eigenvalue weighted by atomic mass is 16.4. The minimum atomic E-state index is -0.718. The van der Waals surface area contributed by atoms with Crippen LogP contribution in [0.3, 0.4) is 0 Å². The normalized spacial score (nSPS) is 29.1. The molecule has 0 radical (unpaired) electrons. The molecule has 0 aromatic carbocycles. The van der Waals surface area contributed by atoms with Crippen molar-refractivity contribution in [2.75, 3.05) is 0 Å². The quantitative estimate of drug-likeness (QED) is 0.687. The van der Waals surface area contributed by atoms with Crippen molar-refractivity contribution in [3.8, 4) is 0 Å². The van der Waals surface area contributed by atoms with Gasteiger partial charge in [0, 0.05) is 11.6 Å². The molecule has 1 heterocycles. The van der Waals surface area contributed by atoms with E-state index in [-0.39, 0.29) is 17.6 Å². The summed E-state index contributed by atoms with van der Waals surface area (Å²) in [7, 11) is 0. The summed E-state index contributed by atoms with van der Waals surface area (Å²) < 4.78 is 0. The van der Waals surface area contributed by atoms with Gasteiger partial charge in [-0.2, -0.15) is 0 Å². The van der Waals surface area contributed by atoms with E-state index in [1.807, 2.05) is 31.7 Å². The van der Waals surface area contributed by atoms with Crippen LogP contribution in [-0.2, 0) is 4.79 Å². The van der Waals surface area contributed by atoms with Gasteiger partial charge in [-0.05, 0) is 33.6 Å². The third-order valence-electron chi connectivity index (χ3n) is 2.76. The van der Waals surface area contributed by atoms with E-state index in [0.717, 1.165) is 12.8 Å². The Hall–Kier alpha value is -0.830. The molecule has 14 heavy (non-hydrogen) atoms. The van der Waals surface area contributed by atoms with Crippen molar-refractivity contribution < 1.29 is 9.90 Å². The zero-order valence-corrected chi connectivity index (χ0v) is 9.16. The molecule has 0 bridgehead atoms. The molecule has 0 aromatic rings. The van der Waals surface area contributed by atoms with Crippen LogP contribution in [-0.4, -0.2) is 33.6 Å². The van der Waals surface area contributed by atoms with Crippen molar-refractivity contribution in [1.82, 2.24) is 4.90 Å². The lowest BCUT2D eigenvalue weighted by Gasteiger charge is -2.38. The van der Waals surface area contributed by atoms with E-state index in [1.54, 1.807) is 0 Å². The number of aliphatic carboxylic acids is 1. The highest BCUT2D eigenvalue weighted by Crippen LogP contribution is 2.32. The van der Waals surface area contributed by atoms with Crippen LogP contribution in [0.4, 0.5) is 0 Å². The van der Waals surface area contributed by atoms with Crippen LogP contribution >= 0.6 is 0 Å². The first-order valence-electron chi connectivity index (χ1n) is 5.01. The summed E-state index contributed by atoms with van der Waals surface area (Å²) in [6, 6.07) is -0.144. The van der Waals surface area contributed by atoms with E-state index in [9.17, 15) is 4.79 Å². The van der Waals surface area contributed by atoms with E-state index >= 15 is 0 Å². The van der Waals surface area contributed by atoms with Crippen molar-refractivity contribution in [2.45, 2.75) is 51.2 Å². The average Bonchev–Trinajstić information content (AvgIpc) is 2.45. The largest absolute Gasteiger partial charge is 0.480 e. The second kappa shape index (κ2) is 3.73. The van der Waals surface area contributed by atoms with Gasteiger partial charge in [0.15, 0.2) is 0 Å². The Labute approximate surface area is 85.4 Å². The van der Waals surface area contributed by atoms with E-state index in [4.69, 9.17) is 5.11 Å². The van der Waals surface area contributed by atoms with Gasteiger partial charge in [0.05, 0.1) is 0 Å². The molecule has 2 atom stereocenters. The lowest BCUT2D eigenvalue weighted by atomic mass is 10.0. The highest BCUT2D eigenvalue weighted by Gasteiger charge is 2.42. The molecule has 0 amide bonds. The number of hydrogen-bond acceptors (Lipinski definition) is 2. The van der Waals surface area contributed by atoms with Crippen LogP contribution in [0.15, 0.2) is 12.7 Å². The van der Waals surface area contributed by atoms with E-state index in [0.29, 0.717) is 0 Å². The SMILES string of the molecule is C=CC1CCC(C(=O)O)N1C(C)(C)C. The smallest absolute Gasteiger partial charge is 0.320 e. The lowest BCUT2D eigenvalue weighted by Crippen LogP contribution is -2.51. The maximum absolute atomic E-state index is 11.0. The standard InChI is InChI=1S/C11H19NO2/c1-5-8-6-7-9(10(13)14)12(8)11(2,3)4/h5,8-9H,1,6-7H2,2-4H3,(H,13,14). The van der Waals surface area contributed by atoms with Crippen molar-refractivity contribution in [3.63, 3.8) is 0 Å². The van der Waals surface area contributed by atoms with Crippen LogP contribution in [0.2, 0.25) is 0 Å². The second-order valence-electron chi connectivity index (χ2n) is 4.81. The zero-order chi connectivity index (χ0) is 10.9. The minimum absolute atomic E-state index is 0.113. The van der Waals surface area contributed by atoms with E-state index in [1.165, 1.54) is 0 Å². The van der Waals surface area contributed by atoms with Gasteiger partial charge in [-0.15, -0.1) is 6.58 Å². The van der Waals surface area contributed by atoms with Gasteiger partial charge in [0.25, 0.3) is 0 Å². The Kier molecular flexibility index (Phi) is 3.00. The first kappa shape index (κ1) is 11.2. The molecule has 1 rings (SSSR count). The maximum atomic E-state index is 11.0. The molecule has 1 N–H and O–H groups in total. The predicted octanol–water partition coefficient (Wildman–Crippen LogP) is 1.89. The topological polar surface area (TPSA) is 40.5 Å². The average molecular weight is 197 g/mol. The summed E-state index contributed by atoms with van der Waals surface area (Å²) in [6.07, 6.45) is 3.48. The van der Waals surface area contributed by atoms with E-state index in [2.05, 4.69) is 6.58 Å². The summed E-state index contributed by atoms with van der Waals surface area (Å²) in [5, 5.41) is 9.08. The molecular weight excluding hydrogens is 178 g/mol. The molecular formula is C11H19NO2. The van der Waals surface area contributed by atoms with Gasteiger partial charge in [0.2, 0.25) is 0 Å². The summed E-state index contributed by atoms with van der Waals surface area (Å²) in [4.78, 5) is 13.1. The lowest BCUT2D eigenvalue weighted by molar-refractivity contribution is -0.144. The molecule has 0 aliphatic carbocycles. The fourth-order valence-corrected chi connectivity index (χ4v) is 2.28. The predicted molar refractivity (Wildman–Crippen MR) is 56.2 cm³/mol. The number of carbonyl (C=O) groups is 1. The molecule has 3 nitrogen and oxygen atoms in total. The first-order valence-corrected chi connectivity index (χ1v) is 5.01. The number of likely N-dealkylation sites (tertiary alicyclic amines) is 1. The molecule has 0 spiro atoms. The Balaban J connectivity index is 2.91. The Bertz CT molecular complexity index is 242. The van der Waals surface area contributed by atoms with Gasteiger partial charge in [-0.25, -0.2) is 0 Å². The molecule has 1 fully saturated rings. The van der Waals surface area contributed by atoms with Crippen molar-refractivity contribution in [2.24, 2.45) is 0 Å². The summed E-state index contributed by atoms with van der Waals surface area (Å²) >= 11 is 0. The zero-order valence-electron chi connectivity index (χ0n) is 9.16. The van der Waals surface area contributed by atoms with Crippen LogP contribution in [0.5, 0.6) is 0 Å². The first-order chi connectivity index (χ1) is 6.38. The van der Waals surface area contributed by atoms with Gasteiger partial charge in [-0.3, -0.25) is 9.69 Å². The van der Waals surface area contributed by atoms with Crippen LogP contribution in [0.1, 0.15) is 33.6 Å². The molecule has 2 unspecified atom stereocenters. The van der Waals surface area contributed by atoms with Gasteiger partial charge >= 0.3 is 5.97 Å². The molecule has 0 aromatic heterocycles. The molecule has 0 saturated carbocycles. The maximum Gasteiger partial charge on any atom is 0.320 e. The number of hydrogen-bond donors (Lipinski definition) is 1. The molecule has 3 heteroatoms. The fourth-order valence-electron chi connectivity index (χ4n) is 2.28. The minimum Gasteiger partial charge on any atom is -0.480 e. The van der Waals surface area contributed by atoms with Crippen LogP contribution in [0, 0.1) is 0 Å². The number of carboxylic acids is 1. The molecule has 1 saturated heterocycles. The monoisotopic (exact) mass is 197 g/mol. The number of nitrogens with zero attached hydrogens (tertiary/aromatic N) is 1. The Morgan fingerprint density at radius 2 is 2.07 bits per heavy atom. The number of carboxylic acid groups (broad SMARTS) is 1. The van der Waals surface area contributed by atoms with Gasteiger partial charge in [-0.1, -0.05) is 6.08 Å². The van der Waals surface area contributed by atoms with Gasteiger partial charge < -0.3 is 5.11 Å². The summed E-state index contributed by atoms with van der Waals surface area (Å²) in [5.74, 6) is -0.718. The van der Waals surface area contributed by atoms with Crippen molar-refractivity contribution >= 4 is 5.97 Å². The third-order valence-corrected chi connectivity index (χ3v) is 2.76. The third kappa shape index (κ3) is 1.98. The van der Waals surface area contributed by atoms with Crippen LogP contribution < -0.4 is 0 Å². The van der Waals surface area contributed by atoms with Crippen molar-refractivity contribution in [1.29, 1.82) is 0 Å². The van der Waals surface area contributed by atoms with E-state index < -0.39 is 5.97 Å². The van der Waals surface area contributed by atoms with Crippen LogP contribution in [0.25, 0.3) is 0 Å². The molecule has 1 aliphatic heterocycles.